The third-order valence-corrected chi connectivity index (χ3v) is 7.00. The van der Waals surface area contributed by atoms with Crippen LogP contribution in [0, 0.1) is 0 Å². The molecular formula is C24H30N4OS. The molecule has 6 heteroatoms. The number of nitrogens with two attached hydrogens (primary N) is 2. The normalized spacial score (nSPS) is 15.4. The average molecular weight is 423 g/mol. The quantitative estimate of drug-likeness (QED) is 0.211. The summed E-state index contributed by atoms with van der Waals surface area (Å²) in [5.41, 5.74) is 6.47. The molecule has 1 aliphatic rings. The SMILES string of the molecule is N/N=C(/CCc1ccc(OCc2ccc3scc(C4CCCCC4)c3c2)cc1)NN. The minimum absolute atomic E-state index is 0.580. The Kier molecular flexibility index (Phi) is 6.87. The van der Waals surface area contributed by atoms with Crippen molar-refractivity contribution >= 4 is 27.3 Å². The van der Waals surface area contributed by atoms with Crippen molar-refractivity contribution in [3.05, 3.63) is 64.5 Å². The summed E-state index contributed by atoms with van der Waals surface area (Å²) in [5.74, 6) is 12.8. The maximum Gasteiger partial charge on any atom is 0.136 e. The summed E-state index contributed by atoms with van der Waals surface area (Å²) in [5, 5.41) is 7.42. The maximum absolute atomic E-state index is 6.05. The van der Waals surface area contributed by atoms with E-state index in [9.17, 15) is 0 Å². The number of nitrogens with one attached hydrogen (secondary N) is 1. The molecule has 0 amide bonds. The van der Waals surface area contributed by atoms with Crippen molar-refractivity contribution < 1.29 is 4.74 Å². The number of hydrazine groups is 1. The molecule has 0 atom stereocenters. The van der Waals surface area contributed by atoms with Gasteiger partial charge in [0, 0.05) is 11.1 Å². The Balaban J connectivity index is 1.38. The Morgan fingerprint density at radius 3 is 2.57 bits per heavy atom. The molecule has 0 radical (unpaired) electrons. The topological polar surface area (TPSA) is 85.7 Å². The highest BCUT2D eigenvalue weighted by Crippen LogP contribution is 2.39. The zero-order valence-corrected chi connectivity index (χ0v) is 18.1. The van der Waals surface area contributed by atoms with Gasteiger partial charge in [0.25, 0.3) is 0 Å². The van der Waals surface area contributed by atoms with E-state index in [-0.39, 0.29) is 0 Å². The lowest BCUT2D eigenvalue weighted by Gasteiger charge is -2.21. The summed E-state index contributed by atoms with van der Waals surface area (Å²) in [6.45, 7) is 0.580. The number of amidine groups is 1. The predicted octanol–water partition coefficient (Wildman–Crippen LogP) is 5.20. The average Bonchev–Trinajstić information content (AvgIpc) is 3.23. The first-order valence-electron chi connectivity index (χ1n) is 10.7. The highest BCUT2D eigenvalue weighted by molar-refractivity contribution is 7.17. The van der Waals surface area contributed by atoms with Gasteiger partial charge in [0.2, 0.25) is 0 Å². The molecule has 2 aromatic carbocycles. The molecule has 1 aliphatic carbocycles. The van der Waals surface area contributed by atoms with E-state index in [1.54, 1.807) is 5.56 Å². The van der Waals surface area contributed by atoms with Gasteiger partial charge in [0.05, 0.1) is 0 Å². The molecule has 0 unspecified atom stereocenters. The monoisotopic (exact) mass is 422 g/mol. The molecule has 0 saturated heterocycles. The summed E-state index contributed by atoms with van der Waals surface area (Å²) in [6, 6.07) is 14.9. The first-order chi connectivity index (χ1) is 14.8. The van der Waals surface area contributed by atoms with Crippen LogP contribution in [0.25, 0.3) is 10.1 Å². The van der Waals surface area contributed by atoms with Gasteiger partial charge in [-0.05, 0) is 76.9 Å². The largest absolute Gasteiger partial charge is 0.489 e. The van der Waals surface area contributed by atoms with E-state index >= 15 is 0 Å². The number of benzene rings is 2. The molecule has 1 aromatic heterocycles. The maximum atomic E-state index is 6.05. The first-order valence-corrected chi connectivity index (χ1v) is 11.6. The van der Waals surface area contributed by atoms with Gasteiger partial charge in [0.1, 0.15) is 18.2 Å². The molecule has 1 heterocycles. The van der Waals surface area contributed by atoms with Crippen molar-refractivity contribution in [2.24, 2.45) is 16.8 Å². The van der Waals surface area contributed by atoms with E-state index in [0.717, 1.165) is 18.1 Å². The van der Waals surface area contributed by atoms with Gasteiger partial charge in [-0.15, -0.1) is 11.3 Å². The van der Waals surface area contributed by atoms with E-state index in [0.29, 0.717) is 18.9 Å². The van der Waals surface area contributed by atoms with Crippen molar-refractivity contribution in [3.63, 3.8) is 0 Å². The van der Waals surface area contributed by atoms with Crippen LogP contribution in [-0.2, 0) is 13.0 Å². The van der Waals surface area contributed by atoms with Crippen molar-refractivity contribution in [3.8, 4) is 5.75 Å². The lowest BCUT2D eigenvalue weighted by molar-refractivity contribution is 0.306. The van der Waals surface area contributed by atoms with Crippen molar-refractivity contribution in [1.29, 1.82) is 0 Å². The van der Waals surface area contributed by atoms with E-state index in [2.05, 4.69) is 46.2 Å². The molecule has 30 heavy (non-hydrogen) atoms. The standard InChI is InChI=1S/C24H30N4OS/c25-27-24(28-26)13-9-17-6-10-20(11-7-17)29-15-18-8-12-23-21(14-18)22(16-30-23)19-4-2-1-3-5-19/h6-8,10-12,14,16,19H,1-5,9,13,15,25-26H2,(H,27,28). The molecule has 4 rings (SSSR count). The highest BCUT2D eigenvalue weighted by atomic mass is 32.1. The van der Waals surface area contributed by atoms with Gasteiger partial charge in [0.15, 0.2) is 0 Å². The van der Waals surface area contributed by atoms with Crippen LogP contribution in [0.15, 0.2) is 52.9 Å². The number of hydrogen-bond acceptors (Lipinski definition) is 5. The predicted molar refractivity (Wildman–Crippen MR) is 126 cm³/mol. The number of aryl methyl sites for hydroxylation is 1. The number of hydrazone groups is 1. The minimum Gasteiger partial charge on any atom is -0.489 e. The van der Waals surface area contributed by atoms with Gasteiger partial charge < -0.3 is 16.0 Å². The summed E-state index contributed by atoms with van der Waals surface area (Å²) >= 11 is 1.87. The van der Waals surface area contributed by atoms with Gasteiger partial charge in [-0.1, -0.05) is 37.5 Å². The van der Waals surface area contributed by atoms with E-state index in [1.165, 1.54) is 53.3 Å². The lowest BCUT2D eigenvalue weighted by atomic mass is 9.84. The number of hydrogen-bond donors (Lipinski definition) is 3. The molecule has 1 fully saturated rings. The molecule has 5 N–H and O–H groups in total. The fourth-order valence-electron chi connectivity index (χ4n) is 4.27. The van der Waals surface area contributed by atoms with E-state index in [1.807, 2.05) is 23.5 Å². The smallest absolute Gasteiger partial charge is 0.136 e. The molecule has 3 aromatic rings. The highest BCUT2D eigenvalue weighted by Gasteiger charge is 2.19. The Morgan fingerprint density at radius 2 is 1.83 bits per heavy atom. The van der Waals surface area contributed by atoms with Crippen LogP contribution >= 0.6 is 11.3 Å². The Bertz CT molecular complexity index is 990. The summed E-state index contributed by atoms with van der Waals surface area (Å²) in [4.78, 5) is 0. The Hall–Kier alpha value is -2.57. The van der Waals surface area contributed by atoms with Crippen LogP contribution in [0.5, 0.6) is 5.75 Å². The van der Waals surface area contributed by atoms with E-state index in [4.69, 9.17) is 16.4 Å². The van der Waals surface area contributed by atoms with Gasteiger partial charge in [-0.25, -0.2) is 5.84 Å². The van der Waals surface area contributed by atoms with Crippen LogP contribution < -0.4 is 21.8 Å². The molecule has 0 spiro atoms. The first kappa shape index (κ1) is 20.7. The molecular weight excluding hydrogens is 392 g/mol. The summed E-state index contributed by atoms with van der Waals surface area (Å²) < 4.78 is 7.44. The molecule has 0 aliphatic heterocycles. The van der Waals surface area contributed by atoms with Crippen LogP contribution in [0.4, 0.5) is 0 Å². The number of rotatable bonds is 7. The van der Waals surface area contributed by atoms with E-state index < -0.39 is 0 Å². The van der Waals surface area contributed by atoms with Crippen LogP contribution in [0.2, 0.25) is 0 Å². The minimum atomic E-state index is 0.580. The van der Waals surface area contributed by atoms with Gasteiger partial charge in [-0.2, -0.15) is 5.10 Å². The van der Waals surface area contributed by atoms with Crippen molar-refractivity contribution in [2.45, 2.75) is 57.5 Å². The summed E-state index contributed by atoms with van der Waals surface area (Å²) in [6.07, 6.45) is 8.28. The number of ether oxygens (including phenoxy) is 1. The van der Waals surface area contributed by atoms with Gasteiger partial charge >= 0.3 is 0 Å². The second-order valence-corrected chi connectivity index (χ2v) is 8.92. The second kappa shape index (κ2) is 9.96. The summed E-state index contributed by atoms with van der Waals surface area (Å²) in [7, 11) is 0. The van der Waals surface area contributed by atoms with Crippen molar-refractivity contribution in [2.75, 3.05) is 0 Å². The fraction of sp³-hybridized carbons (Fsp3) is 0.375. The van der Waals surface area contributed by atoms with Crippen LogP contribution in [0.3, 0.4) is 0 Å². The second-order valence-electron chi connectivity index (χ2n) is 8.01. The van der Waals surface area contributed by atoms with Gasteiger partial charge in [-0.3, -0.25) is 0 Å². The molecule has 0 bridgehead atoms. The number of fused-ring (bicyclic) bond motifs is 1. The molecule has 5 nitrogen and oxygen atoms in total. The fourth-order valence-corrected chi connectivity index (χ4v) is 5.29. The Labute approximate surface area is 182 Å². The third-order valence-electron chi connectivity index (χ3n) is 6.01. The van der Waals surface area contributed by atoms with Crippen molar-refractivity contribution in [1.82, 2.24) is 5.43 Å². The zero-order valence-electron chi connectivity index (χ0n) is 17.3. The third kappa shape index (κ3) is 4.94. The zero-order chi connectivity index (χ0) is 20.8. The molecule has 1 saturated carbocycles. The van der Waals surface area contributed by atoms with Crippen LogP contribution in [-0.4, -0.2) is 5.84 Å². The number of nitrogens with zero attached hydrogens (tertiary/aromatic N) is 1. The lowest BCUT2D eigenvalue weighted by Crippen LogP contribution is -2.31. The molecule has 158 valence electrons. The number of thiophene rings is 1. The Morgan fingerprint density at radius 1 is 1.07 bits per heavy atom. The van der Waals surface area contributed by atoms with Crippen LogP contribution in [0.1, 0.15) is 61.1 Å².